The minimum absolute atomic E-state index is 0.210. The van der Waals surface area contributed by atoms with Crippen LogP contribution in [-0.4, -0.2) is 0 Å². The number of hydrogen-bond acceptors (Lipinski definition) is 1. The van der Waals surface area contributed by atoms with Crippen molar-refractivity contribution >= 4 is 12.2 Å². The summed E-state index contributed by atoms with van der Waals surface area (Å²) in [5.74, 6) is -0.471. The number of fused-ring (bicyclic) bond motifs is 1. The SMILES string of the molecule is CC1C=Cc2cc(C(F)(F)F)oc2C=C1. The Morgan fingerprint density at radius 3 is 2.53 bits per heavy atom. The van der Waals surface area contributed by atoms with Crippen molar-refractivity contribution in [2.24, 2.45) is 5.92 Å². The monoisotopic (exact) mass is 214 g/mol. The smallest absolute Gasteiger partial charge is 0.449 e. The van der Waals surface area contributed by atoms with Gasteiger partial charge in [0.25, 0.3) is 0 Å². The van der Waals surface area contributed by atoms with Crippen LogP contribution in [0.1, 0.15) is 24.0 Å². The number of rotatable bonds is 0. The summed E-state index contributed by atoms with van der Waals surface area (Å²) in [7, 11) is 0. The van der Waals surface area contributed by atoms with Crippen molar-refractivity contribution in [2.75, 3.05) is 0 Å². The van der Waals surface area contributed by atoms with E-state index >= 15 is 0 Å². The molecule has 0 aromatic carbocycles. The van der Waals surface area contributed by atoms with Crippen LogP contribution in [-0.2, 0) is 6.18 Å². The Kier molecular flexibility index (Phi) is 2.21. The van der Waals surface area contributed by atoms with Gasteiger partial charge < -0.3 is 4.42 Å². The van der Waals surface area contributed by atoms with Crippen molar-refractivity contribution in [3.05, 3.63) is 35.3 Å². The number of hydrogen-bond donors (Lipinski definition) is 0. The van der Waals surface area contributed by atoms with Crippen LogP contribution in [0.25, 0.3) is 12.2 Å². The molecule has 0 saturated carbocycles. The van der Waals surface area contributed by atoms with E-state index in [9.17, 15) is 13.2 Å². The Labute approximate surface area is 84.9 Å². The van der Waals surface area contributed by atoms with Crippen molar-refractivity contribution in [3.63, 3.8) is 0 Å². The van der Waals surface area contributed by atoms with Crippen LogP contribution in [0.4, 0.5) is 13.2 Å². The average Bonchev–Trinajstić information content (AvgIpc) is 2.47. The maximum Gasteiger partial charge on any atom is 0.449 e. The van der Waals surface area contributed by atoms with E-state index in [0.717, 1.165) is 6.07 Å². The Bertz CT molecular complexity index is 392. The Hall–Kier alpha value is -1.45. The van der Waals surface area contributed by atoms with Gasteiger partial charge in [0.1, 0.15) is 5.76 Å². The Morgan fingerprint density at radius 1 is 1.20 bits per heavy atom. The summed E-state index contributed by atoms with van der Waals surface area (Å²) in [6.07, 6.45) is 2.44. The van der Waals surface area contributed by atoms with Crippen molar-refractivity contribution in [3.8, 4) is 0 Å². The van der Waals surface area contributed by atoms with Crippen LogP contribution in [0.2, 0.25) is 0 Å². The van der Waals surface area contributed by atoms with E-state index in [1.807, 2.05) is 13.0 Å². The highest BCUT2D eigenvalue weighted by molar-refractivity contribution is 5.65. The number of allylic oxidation sites excluding steroid dienone is 2. The zero-order valence-electron chi connectivity index (χ0n) is 8.01. The summed E-state index contributed by atoms with van der Waals surface area (Å²) in [5, 5.41) is 0. The largest absolute Gasteiger partial charge is 0.452 e. The van der Waals surface area contributed by atoms with Gasteiger partial charge in [-0.25, -0.2) is 0 Å². The second kappa shape index (κ2) is 3.29. The summed E-state index contributed by atoms with van der Waals surface area (Å²) in [6.45, 7) is 1.95. The van der Waals surface area contributed by atoms with Gasteiger partial charge in [0.15, 0.2) is 0 Å². The summed E-state index contributed by atoms with van der Waals surface area (Å²) in [5.41, 5.74) is 0.475. The highest BCUT2D eigenvalue weighted by Gasteiger charge is 2.35. The average molecular weight is 214 g/mol. The fraction of sp³-hybridized carbons (Fsp3) is 0.273. The fourth-order valence-corrected chi connectivity index (χ4v) is 1.38. The molecular weight excluding hydrogens is 205 g/mol. The topological polar surface area (TPSA) is 13.1 Å². The van der Waals surface area contributed by atoms with Gasteiger partial charge in [-0.3, -0.25) is 0 Å². The molecule has 1 aromatic heterocycles. The molecule has 1 aromatic rings. The molecule has 2 rings (SSSR count). The summed E-state index contributed by atoms with van der Waals surface area (Å²) < 4.78 is 41.7. The third-order valence-electron chi connectivity index (χ3n) is 2.20. The highest BCUT2D eigenvalue weighted by Crippen LogP contribution is 2.34. The molecule has 0 spiro atoms. The van der Waals surface area contributed by atoms with E-state index in [1.54, 1.807) is 18.2 Å². The van der Waals surface area contributed by atoms with E-state index in [2.05, 4.69) is 0 Å². The van der Waals surface area contributed by atoms with Crippen molar-refractivity contribution in [2.45, 2.75) is 13.1 Å². The Morgan fingerprint density at radius 2 is 1.87 bits per heavy atom. The molecule has 0 radical (unpaired) electrons. The number of furan rings is 1. The lowest BCUT2D eigenvalue weighted by atomic mass is 10.1. The first-order valence-electron chi connectivity index (χ1n) is 4.54. The van der Waals surface area contributed by atoms with Gasteiger partial charge in [0, 0.05) is 5.56 Å². The fourth-order valence-electron chi connectivity index (χ4n) is 1.38. The standard InChI is InChI=1S/C11H9F3O/c1-7-2-4-8-6-10(11(12,13)14)15-9(8)5-3-7/h2-7H,1H3. The van der Waals surface area contributed by atoms with Crippen LogP contribution < -0.4 is 0 Å². The summed E-state index contributed by atoms with van der Waals surface area (Å²) in [6, 6.07) is 1.02. The first-order valence-corrected chi connectivity index (χ1v) is 4.54. The first-order chi connectivity index (χ1) is 6.97. The molecule has 1 aliphatic carbocycles. The molecule has 0 saturated heterocycles. The normalized spacial score (nSPS) is 20.1. The van der Waals surface area contributed by atoms with Crippen molar-refractivity contribution in [1.82, 2.24) is 0 Å². The molecule has 1 heterocycles. The van der Waals surface area contributed by atoms with Crippen molar-refractivity contribution < 1.29 is 17.6 Å². The number of halogens is 3. The zero-order chi connectivity index (χ0) is 11.1. The van der Waals surface area contributed by atoms with Gasteiger partial charge >= 0.3 is 6.18 Å². The predicted molar refractivity (Wildman–Crippen MR) is 50.9 cm³/mol. The van der Waals surface area contributed by atoms with Crippen LogP contribution in [0.5, 0.6) is 0 Å². The lowest BCUT2D eigenvalue weighted by molar-refractivity contribution is -0.153. The third kappa shape index (κ3) is 1.98. The van der Waals surface area contributed by atoms with Crippen LogP contribution in [0, 0.1) is 5.92 Å². The minimum atomic E-state index is -4.42. The molecule has 1 unspecified atom stereocenters. The van der Waals surface area contributed by atoms with Gasteiger partial charge in [-0.15, -0.1) is 0 Å². The molecule has 15 heavy (non-hydrogen) atoms. The van der Waals surface area contributed by atoms with E-state index in [4.69, 9.17) is 4.42 Å². The van der Waals surface area contributed by atoms with Gasteiger partial charge in [0.05, 0.1) is 0 Å². The lowest BCUT2D eigenvalue weighted by Crippen LogP contribution is -2.02. The van der Waals surface area contributed by atoms with Gasteiger partial charge in [-0.2, -0.15) is 13.2 Å². The Balaban J connectivity index is 2.44. The van der Waals surface area contributed by atoms with E-state index in [1.165, 1.54) is 0 Å². The van der Waals surface area contributed by atoms with Crippen molar-refractivity contribution in [1.29, 1.82) is 0 Å². The zero-order valence-corrected chi connectivity index (χ0v) is 8.01. The second-order valence-corrected chi connectivity index (χ2v) is 3.51. The molecule has 0 aliphatic heterocycles. The van der Waals surface area contributed by atoms with Gasteiger partial charge in [-0.05, 0) is 18.1 Å². The lowest BCUT2D eigenvalue weighted by Gasteiger charge is -1.99. The predicted octanol–water partition coefficient (Wildman–Crippen LogP) is 3.97. The summed E-state index contributed by atoms with van der Waals surface area (Å²) >= 11 is 0. The maximum absolute atomic E-state index is 12.3. The van der Waals surface area contributed by atoms with E-state index < -0.39 is 11.9 Å². The maximum atomic E-state index is 12.3. The quantitative estimate of drug-likeness (QED) is 0.636. The second-order valence-electron chi connectivity index (χ2n) is 3.51. The highest BCUT2D eigenvalue weighted by atomic mass is 19.4. The molecule has 80 valence electrons. The first kappa shape index (κ1) is 10.1. The molecule has 1 nitrogen and oxygen atoms in total. The van der Waals surface area contributed by atoms with E-state index in [0.29, 0.717) is 5.56 Å². The minimum Gasteiger partial charge on any atom is -0.452 e. The van der Waals surface area contributed by atoms with Gasteiger partial charge in [-0.1, -0.05) is 25.2 Å². The van der Waals surface area contributed by atoms with E-state index in [-0.39, 0.29) is 11.7 Å². The molecule has 0 bridgehead atoms. The molecule has 0 amide bonds. The van der Waals surface area contributed by atoms with Gasteiger partial charge in [0.2, 0.25) is 5.76 Å². The third-order valence-corrected chi connectivity index (χ3v) is 2.20. The molecule has 0 N–H and O–H groups in total. The van der Waals surface area contributed by atoms with Crippen LogP contribution in [0.15, 0.2) is 22.6 Å². The molecular formula is C11H9F3O. The molecule has 1 aliphatic rings. The molecule has 1 atom stereocenters. The van der Waals surface area contributed by atoms with Crippen LogP contribution >= 0.6 is 0 Å². The molecule has 0 fully saturated rings. The molecule has 4 heteroatoms. The summed E-state index contributed by atoms with van der Waals surface area (Å²) in [4.78, 5) is 0. The number of alkyl halides is 3. The van der Waals surface area contributed by atoms with Crippen LogP contribution in [0.3, 0.4) is 0 Å².